The standard InChI is InChI=1S/C15H18N2O3/c1-4-10(2)16-15(18)12-9-14(20-17-12)11-7-5-6-8-13(11)19-3/h5-10H,4H2,1-3H3,(H,16,18)/t10-/m0/s1. The van der Waals surface area contributed by atoms with Gasteiger partial charge in [-0.2, -0.15) is 0 Å². The highest BCUT2D eigenvalue weighted by Crippen LogP contribution is 2.29. The van der Waals surface area contributed by atoms with Crippen LogP contribution in [0.15, 0.2) is 34.9 Å². The van der Waals surface area contributed by atoms with E-state index in [0.29, 0.717) is 11.5 Å². The third-order valence-corrected chi connectivity index (χ3v) is 3.11. The molecule has 5 nitrogen and oxygen atoms in total. The number of nitrogens with zero attached hydrogens (tertiary/aromatic N) is 1. The molecule has 2 rings (SSSR count). The molecule has 1 aromatic heterocycles. The van der Waals surface area contributed by atoms with Crippen molar-refractivity contribution in [3.05, 3.63) is 36.0 Å². The van der Waals surface area contributed by atoms with E-state index in [9.17, 15) is 4.79 Å². The van der Waals surface area contributed by atoms with Gasteiger partial charge in [-0.3, -0.25) is 4.79 Å². The maximum Gasteiger partial charge on any atom is 0.273 e. The van der Waals surface area contributed by atoms with E-state index in [1.54, 1.807) is 13.2 Å². The van der Waals surface area contributed by atoms with E-state index in [4.69, 9.17) is 9.26 Å². The van der Waals surface area contributed by atoms with Gasteiger partial charge in [-0.1, -0.05) is 24.2 Å². The fourth-order valence-electron chi connectivity index (χ4n) is 1.76. The van der Waals surface area contributed by atoms with E-state index in [1.165, 1.54) is 0 Å². The minimum Gasteiger partial charge on any atom is -0.496 e. The zero-order valence-corrected chi connectivity index (χ0v) is 11.8. The van der Waals surface area contributed by atoms with Gasteiger partial charge in [-0.15, -0.1) is 0 Å². The maximum atomic E-state index is 11.9. The maximum absolute atomic E-state index is 11.9. The van der Waals surface area contributed by atoms with Gasteiger partial charge < -0.3 is 14.6 Å². The van der Waals surface area contributed by atoms with Crippen molar-refractivity contribution < 1.29 is 14.1 Å². The van der Waals surface area contributed by atoms with Crippen molar-refractivity contribution in [1.82, 2.24) is 10.5 Å². The predicted octanol–water partition coefficient (Wildman–Crippen LogP) is 2.88. The summed E-state index contributed by atoms with van der Waals surface area (Å²) < 4.78 is 10.5. The lowest BCUT2D eigenvalue weighted by atomic mass is 10.1. The number of ether oxygens (including phenoxy) is 1. The van der Waals surface area contributed by atoms with Crippen molar-refractivity contribution in [1.29, 1.82) is 0 Å². The van der Waals surface area contributed by atoms with E-state index in [0.717, 1.165) is 12.0 Å². The quantitative estimate of drug-likeness (QED) is 0.910. The highest BCUT2D eigenvalue weighted by atomic mass is 16.5. The Bertz CT molecular complexity index is 592. The zero-order valence-electron chi connectivity index (χ0n) is 11.8. The molecule has 0 aliphatic heterocycles. The first kappa shape index (κ1) is 14.1. The Morgan fingerprint density at radius 2 is 2.20 bits per heavy atom. The van der Waals surface area contributed by atoms with E-state index in [-0.39, 0.29) is 17.6 Å². The molecule has 0 unspecified atom stereocenters. The van der Waals surface area contributed by atoms with Crippen molar-refractivity contribution in [3.63, 3.8) is 0 Å². The average molecular weight is 274 g/mol. The molecule has 106 valence electrons. The van der Waals surface area contributed by atoms with Crippen LogP contribution in [0.2, 0.25) is 0 Å². The van der Waals surface area contributed by atoms with Gasteiger partial charge in [0.15, 0.2) is 11.5 Å². The Hall–Kier alpha value is -2.30. The van der Waals surface area contributed by atoms with Crippen LogP contribution in [0.3, 0.4) is 0 Å². The molecule has 0 bridgehead atoms. The van der Waals surface area contributed by atoms with Crippen molar-refractivity contribution in [3.8, 4) is 17.1 Å². The highest BCUT2D eigenvalue weighted by Gasteiger charge is 2.16. The van der Waals surface area contributed by atoms with E-state index >= 15 is 0 Å². The zero-order chi connectivity index (χ0) is 14.5. The number of methoxy groups -OCH3 is 1. The average Bonchev–Trinajstić information content (AvgIpc) is 2.96. The third kappa shape index (κ3) is 2.99. The van der Waals surface area contributed by atoms with Gasteiger partial charge >= 0.3 is 0 Å². The Labute approximate surface area is 117 Å². The minimum absolute atomic E-state index is 0.105. The van der Waals surface area contributed by atoms with Gasteiger partial charge in [0.25, 0.3) is 5.91 Å². The molecule has 0 saturated carbocycles. The summed E-state index contributed by atoms with van der Waals surface area (Å²) in [5, 5.41) is 6.66. The van der Waals surface area contributed by atoms with Gasteiger partial charge in [-0.25, -0.2) is 0 Å². The van der Waals surface area contributed by atoms with Crippen LogP contribution in [-0.4, -0.2) is 24.2 Å². The van der Waals surface area contributed by atoms with E-state index in [1.807, 2.05) is 38.1 Å². The van der Waals surface area contributed by atoms with E-state index in [2.05, 4.69) is 10.5 Å². The molecular weight excluding hydrogens is 256 g/mol. The van der Waals surface area contributed by atoms with Gasteiger partial charge in [0.2, 0.25) is 0 Å². The number of nitrogens with one attached hydrogen (secondary N) is 1. The molecular formula is C15H18N2O3. The van der Waals surface area contributed by atoms with Crippen molar-refractivity contribution in [2.24, 2.45) is 0 Å². The van der Waals surface area contributed by atoms with Crippen LogP contribution in [0.1, 0.15) is 30.8 Å². The normalized spacial score (nSPS) is 11.9. The molecule has 1 amide bonds. The smallest absolute Gasteiger partial charge is 0.273 e. The second-order valence-electron chi connectivity index (χ2n) is 4.56. The molecule has 5 heteroatoms. The molecule has 2 aromatic rings. The summed E-state index contributed by atoms with van der Waals surface area (Å²) in [6.45, 7) is 3.95. The number of para-hydroxylation sites is 1. The Morgan fingerprint density at radius 1 is 1.45 bits per heavy atom. The molecule has 0 saturated heterocycles. The largest absolute Gasteiger partial charge is 0.496 e. The molecule has 1 aromatic carbocycles. The molecule has 0 aliphatic carbocycles. The molecule has 20 heavy (non-hydrogen) atoms. The van der Waals surface area contributed by atoms with Crippen LogP contribution in [0.5, 0.6) is 5.75 Å². The summed E-state index contributed by atoms with van der Waals surface area (Å²) in [6.07, 6.45) is 0.864. The summed E-state index contributed by atoms with van der Waals surface area (Å²) in [6, 6.07) is 9.16. The number of rotatable bonds is 5. The molecule has 1 N–H and O–H groups in total. The summed E-state index contributed by atoms with van der Waals surface area (Å²) in [5.74, 6) is 0.957. The van der Waals surface area contributed by atoms with Crippen molar-refractivity contribution in [2.45, 2.75) is 26.3 Å². The van der Waals surface area contributed by atoms with Crippen LogP contribution >= 0.6 is 0 Å². The Balaban J connectivity index is 2.22. The third-order valence-electron chi connectivity index (χ3n) is 3.11. The molecule has 0 fully saturated rings. The number of carbonyl (C=O) groups excluding carboxylic acids is 1. The lowest BCUT2D eigenvalue weighted by Gasteiger charge is -2.08. The minimum atomic E-state index is -0.232. The summed E-state index contributed by atoms with van der Waals surface area (Å²) in [4.78, 5) is 11.9. The second-order valence-corrected chi connectivity index (χ2v) is 4.56. The predicted molar refractivity (Wildman–Crippen MR) is 75.7 cm³/mol. The molecule has 1 atom stereocenters. The number of hydrogen-bond acceptors (Lipinski definition) is 4. The Morgan fingerprint density at radius 3 is 2.90 bits per heavy atom. The van der Waals surface area contributed by atoms with Crippen LogP contribution < -0.4 is 10.1 Å². The van der Waals surface area contributed by atoms with Crippen LogP contribution in [0.25, 0.3) is 11.3 Å². The summed E-state index contributed by atoms with van der Waals surface area (Å²) >= 11 is 0. The van der Waals surface area contributed by atoms with Gasteiger partial charge in [0, 0.05) is 12.1 Å². The van der Waals surface area contributed by atoms with Crippen LogP contribution in [-0.2, 0) is 0 Å². The monoisotopic (exact) mass is 274 g/mol. The first-order valence-electron chi connectivity index (χ1n) is 6.56. The summed E-state index contributed by atoms with van der Waals surface area (Å²) in [7, 11) is 1.59. The number of aromatic nitrogens is 1. The van der Waals surface area contributed by atoms with Crippen molar-refractivity contribution >= 4 is 5.91 Å². The molecule has 0 radical (unpaired) electrons. The lowest BCUT2D eigenvalue weighted by Crippen LogP contribution is -2.32. The van der Waals surface area contributed by atoms with Crippen LogP contribution in [0.4, 0.5) is 0 Å². The fraction of sp³-hybridized carbons (Fsp3) is 0.333. The molecule has 1 heterocycles. The Kier molecular flexibility index (Phi) is 4.40. The first-order valence-corrected chi connectivity index (χ1v) is 6.56. The van der Waals surface area contributed by atoms with Gasteiger partial charge in [0.05, 0.1) is 12.7 Å². The van der Waals surface area contributed by atoms with Crippen LogP contribution in [0, 0.1) is 0 Å². The first-order chi connectivity index (χ1) is 9.65. The second kappa shape index (κ2) is 6.23. The number of hydrogen-bond donors (Lipinski definition) is 1. The number of amides is 1. The fourth-order valence-corrected chi connectivity index (χ4v) is 1.76. The molecule has 0 aliphatic rings. The summed E-state index contributed by atoms with van der Waals surface area (Å²) in [5.41, 5.74) is 1.04. The topological polar surface area (TPSA) is 64.4 Å². The SMILES string of the molecule is CC[C@H](C)NC(=O)c1cc(-c2ccccc2OC)on1. The van der Waals surface area contributed by atoms with Crippen molar-refractivity contribution in [2.75, 3.05) is 7.11 Å². The van der Waals surface area contributed by atoms with Gasteiger partial charge in [-0.05, 0) is 25.5 Å². The lowest BCUT2D eigenvalue weighted by molar-refractivity contribution is 0.0930. The number of carbonyl (C=O) groups is 1. The van der Waals surface area contributed by atoms with Gasteiger partial charge in [0.1, 0.15) is 5.75 Å². The molecule has 0 spiro atoms. The van der Waals surface area contributed by atoms with E-state index < -0.39 is 0 Å². The highest BCUT2D eigenvalue weighted by molar-refractivity contribution is 5.93. The number of benzene rings is 1.